The van der Waals surface area contributed by atoms with E-state index in [0.717, 1.165) is 17.9 Å². The molecule has 30 heavy (non-hydrogen) atoms. The predicted molar refractivity (Wildman–Crippen MR) is 119 cm³/mol. The van der Waals surface area contributed by atoms with Crippen molar-refractivity contribution < 1.29 is 14.7 Å². The molecule has 3 rings (SSSR count). The van der Waals surface area contributed by atoms with E-state index >= 15 is 0 Å². The summed E-state index contributed by atoms with van der Waals surface area (Å²) >= 11 is 0. The summed E-state index contributed by atoms with van der Waals surface area (Å²) in [6.07, 6.45) is 11.3. The third-order valence-electron chi connectivity index (χ3n) is 5.43. The fourth-order valence-electron chi connectivity index (χ4n) is 3.52. The maximum absolute atomic E-state index is 12.4. The normalized spacial score (nSPS) is 15.8. The van der Waals surface area contributed by atoms with Gasteiger partial charge in [-0.15, -0.1) is 0 Å². The van der Waals surface area contributed by atoms with E-state index in [2.05, 4.69) is 29.1 Å². The molecule has 2 heterocycles. The van der Waals surface area contributed by atoms with Crippen molar-refractivity contribution >= 4 is 23.7 Å². The average molecular weight is 405 g/mol. The zero-order valence-corrected chi connectivity index (χ0v) is 17.3. The van der Waals surface area contributed by atoms with Crippen LogP contribution in [0, 0.1) is 5.92 Å². The molecule has 156 valence electrons. The Balaban J connectivity index is 1.54. The smallest absolute Gasteiger partial charge is 0.185 e. The lowest BCUT2D eigenvalue weighted by atomic mass is 9.90. The SMILES string of the molecule is CN1CCC(Cc2ccc(C(=O)/C=C/c3ccc(/C=C/C(=O)CO)nc3)cc2)CC1. The molecular weight excluding hydrogens is 376 g/mol. The minimum atomic E-state index is -0.515. The molecule has 5 heteroatoms. The quantitative estimate of drug-likeness (QED) is 0.539. The first-order valence-corrected chi connectivity index (χ1v) is 10.3. The maximum Gasteiger partial charge on any atom is 0.185 e. The summed E-state index contributed by atoms with van der Waals surface area (Å²) in [4.78, 5) is 30.1. The largest absolute Gasteiger partial charge is 0.388 e. The van der Waals surface area contributed by atoms with Crippen molar-refractivity contribution in [2.24, 2.45) is 5.92 Å². The van der Waals surface area contributed by atoms with Crippen molar-refractivity contribution in [2.45, 2.75) is 19.3 Å². The number of carbonyl (C=O) groups is 2. The third-order valence-corrected chi connectivity index (χ3v) is 5.43. The summed E-state index contributed by atoms with van der Waals surface area (Å²) in [6, 6.07) is 11.5. The molecule has 1 fully saturated rings. The lowest BCUT2D eigenvalue weighted by Gasteiger charge is -2.28. The molecule has 1 N–H and O–H groups in total. The molecule has 1 saturated heterocycles. The first-order chi connectivity index (χ1) is 14.5. The van der Waals surface area contributed by atoms with Gasteiger partial charge in [-0.05, 0) is 86.8 Å². The molecule has 1 aromatic carbocycles. The molecule has 1 aliphatic rings. The van der Waals surface area contributed by atoms with Crippen LogP contribution < -0.4 is 0 Å². The van der Waals surface area contributed by atoms with Gasteiger partial charge < -0.3 is 10.0 Å². The molecule has 0 saturated carbocycles. The molecule has 0 bridgehead atoms. The second-order valence-electron chi connectivity index (χ2n) is 7.82. The van der Waals surface area contributed by atoms with E-state index in [9.17, 15) is 9.59 Å². The van der Waals surface area contributed by atoms with Crippen LogP contribution in [0.3, 0.4) is 0 Å². The number of aliphatic hydroxyl groups excluding tert-OH is 1. The molecule has 2 aromatic rings. The number of carbonyl (C=O) groups excluding carboxylic acids is 2. The van der Waals surface area contributed by atoms with Gasteiger partial charge >= 0.3 is 0 Å². The summed E-state index contributed by atoms with van der Waals surface area (Å²) in [6.45, 7) is 1.82. The first kappa shape index (κ1) is 21.8. The van der Waals surface area contributed by atoms with Gasteiger partial charge in [0.15, 0.2) is 11.6 Å². The zero-order valence-electron chi connectivity index (χ0n) is 17.3. The number of nitrogens with zero attached hydrogens (tertiary/aromatic N) is 2. The highest BCUT2D eigenvalue weighted by Gasteiger charge is 2.16. The summed E-state index contributed by atoms with van der Waals surface area (Å²) < 4.78 is 0. The molecule has 0 unspecified atom stereocenters. The van der Waals surface area contributed by atoms with Gasteiger partial charge in [0.1, 0.15) is 6.61 Å². The molecule has 5 nitrogen and oxygen atoms in total. The van der Waals surface area contributed by atoms with E-state index in [-0.39, 0.29) is 11.6 Å². The van der Waals surface area contributed by atoms with Crippen LogP contribution in [-0.4, -0.2) is 53.3 Å². The molecule has 0 atom stereocenters. The van der Waals surface area contributed by atoms with Crippen molar-refractivity contribution in [1.82, 2.24) is 9.88 Å². The number of ketones is 2. The highest BCUT2D eigenvalue weighted by molar-refractivity contribution is 6.06. The Morgan fingerprint density at radius 3 is 2.43 bits per heavy atom. The number of hydrogen-bond donors (Lipinski definition) is 1. The molecule has 1 aromatic heterocycles. The average Bonchev–Trinajstić information content (AvgIpc) is 2.78. The van der Waals surface area contributed by atoms with Crippen molar-refractivity contribution in [3.05, 3.63) is 77.1 Å². The number of piperidine rings is 1. The lowest BCUT2D eigenvalue weighted by Crippen LogP contribution is -2.30. The van der Waals surface area contributed by atoms with Crippen LogP contribution in [0.25, 0.3) is 12.2 Å². The topological polar surface area (TPSA) is 70.5 Å². The second kappa shape index (κ2) is 10.8. The summed E-state index contributed by atoms with van der Waals surface area (Å²) in [5.74, 6) is 0.316. The highest BCUT2D eigenvalue weighted by Crippen LogP contribution is 2.21. The first-order valence-electron chi connectivity index (χ1n) is 10.3. The van der Waals surface area contributed by atoms with Crippen LogP contribution in [0.1, 0.15) is 40.0 Å². The van der Waals surface area contributed by atoms with Gasteiger partial charge in [-0.25, -0.2) is 0 Å². The zero-order chi connectivity index (χ0) is 21.3. The molecule has 0 spiro atoms. The van der Waals surface area contributed by atoms with Crippen LogP contribution >= 0.6 is 0 Å². The van der Waals surface area contributed by atoms with Gasteiger partial charge in [-0.3, -0.25) is 14.6 Å². The minimum absolute atomic E-state index is 0.0432. The predicted octanol–water partition coefficient (Wildman–Crippen LogP) is 3.44. The van der Waals surface area contributed by atoms with Gasteiger partial charge in [0.05, 0.1) is 5.69 Å². The number of aromatic nitrogens is 1. The summed E-state index contributed by atoms with van der Waals surface area (Å²) in [5, 5.41) is 8.71. The van der Waals surface area contributed by atoms with Gasteiger partial charge in [0, 0.05) is 11.8 Å². The number of allylic oxidation sites excluding steroid dienone is 1. The van der Waals surface area contributed by atoms with Crippen molar-refractivity contribution in [2.75, 3.05) is 26.7 Å². The van der Waals surface area contributed by atoms with Gasteiger partial charge in [-0.1, -0.05) is 30.3 Å². The van der Waals surface area contributed by atoms with Crippen molar-refractivity contribution in [3.63, 3.8) is 0 Å². The Morgan fingerprint density at radius 1 is 1.07 bits per heavy atom. The standard InChI is InChI=1S/C25H28N2O3/c1-27-14-12-20(13-15-27)16-19-2-6-22(7-3-19)25(30)11-5-21-4-8-23(26-17-21)9-10-24(29)18-28/h2-11,17,20,28H,12-16,18H2,1H3/b10-9+,11-5+. The van der Waals surface area contributed by atoms with Crippen LogP contribution in [0.15, 0.2) is 54.7 Å². The fourth-order valence-corrected chi connectivity index (χ4v) is 3.52. The third kappa shape index (κ3) is 6.58. The number of rotatable bonds is 8. The Kier molecular flexibility index (Phi) is 7.82. The van der Waals surface area contributed by atoms with E-state index in [1.165, 1.54) is 37.6 Å². The number of pyridine rings is 1. The molecular formula is C25H28N2O3. The van der Waals surface area contributed by atoms with Crippen molar-refractivity contribution in [3.8, 4) is 0 Å². The van der Waals surface area contributed by atoms with Gasteiger partial charge in [-0.2, -0.15) is 0 Å². The number of aliphatic hydroxyl groups is 1. The van der Waals surface area contributed by atoms with E-state index in [0.29, 0.717) is 11.3 Å². The summed E-state index contributed by atoms with van der Waals surface area (Å²) in [7, 11) is 2.17. The molecule has 0 amide bonds. The Morgan fingerprint density at radius 2 is 1.80 bits per heavy atom. The maximum atomic E-state index is 12.4. The Labute approximate surface area is 177 Å². The van der Waals surface area contributed by atoms with Crippen LogP contribution in [0.2, 0.25) is 0 Å². The monoisotopic (exact) mass is 404 g/mol. The van der Waals surface area contributed by atoms with E-state index in [1.54, 1.807) is 30.5 Å². The summed E-state index contributed by atoms with van der Waals surface area (Å²) in [5.41, 5.74) is 3.37. The van der Waals surface area contributed by atoms with E-state index in [1.807, 2.05) is 18.2 Å². The van der Waals surface area contributed by atoms with E-state index in [4.69, 9.17) is 5.11 Å². The number of likely N-dealkylation sites (tertiary alicyclic amines) is 1. The lowest BCUT2D eigenvalue weighted by molar-refractivity contribution is -0.117. The molecule has 0 aliphatic carbocycles. The van der Waals surface area contributed by atoms with Crippen LogP contribution in [-0.2, 0) is 11.2 Å². The van der Waals surface area contributed by atoms with Gasteiger partial charge in [0.2, 0.25) is 0 Å². The Bertz CT molecular complexity index is 906. The van der Waals surface area contributed by atoms with Crippen LogP contribution in [0.5, 0.6) is 0 Å². The molecule has 1 aliphatic heterocycles. The fraction of sp³-hybridized carbons (Fsp3) is 0.320. The second-order valence-corrected chi connectivity index (χ2v) is 7.82. The number of benzene rings is 1. The highest BCUT2D eigenvalue weighted by atomic mass is 16.3. The minimum Gasteiger partial charge on any atom is -0.388 e. The van der Waals surface area contributed by atoms with E-state index < -0.39 is 6.61 Å². The Hall–Kier alpha value is -2.89. The van der Waals surface area contributed by atoms with Gasteiger partial charge in [0.25, 0.3) is 0 Å². The van der Waals surface area contributed by atoms with Crippen LogP contribution in [0.4, 0.5) is 0 Å². The number of hydrogen-bond acceptors (Lipinski definition) is 5. The molecule has 0 radical (unpaired) electrons. The van der Waals surface area contributed by atoms with Crippen molar-refractivity contribution in [1.29, 1.82) is 0 Å².